The molecule has 2 amide bonds. The van der Waals surface area contributed by atoms with Gasteiger partial charge in [-0.05, 0) is 79.6 Å². The molecule has 0 radical (unpaired) electrons. The lowest BCUT2D eigenvalue weighted by Crippen LogP contribution is -2.13. The number of thiazole rings is 1. The van der Waals surface area contributed by atoms with Crippen molar-refractivity contribution in [3.63, 3.8) is 0 Å². The number of amides is 2. The van der Waals surface area contributed by atoms with Crippen LogP contribution in [0, 0.1) is 6.92 Å². The number of aromatic nitrogens is 1. The highest BCUT2D eigenvalue weighted by atomic mass is 32.1. The van der Waals surface area contributed by atoms with Crippen molar-refractivity contribution in [2.24, 2.45) is 0 Å². The number of carbonyl (C=O) groups is 2. The van der Waals surface area contributed by atoms with E-state index in [1.54, 1.807) is 35.6 Å². The van der Waals surface area contributed by atoms with Gasteiger partial charge < -0.3 is 10.6 Å². The van der Waals surface area contributed by atoms with Crippen LogP contribution in [0.15, 0.2) is 66.7 Å². The number of aryl methyl sites for hydroxylation is 1. The molecule has 0 aliphatic heterocycles. The van der Waals surface area contributed by atoms with Gasteiger partial charge in [-0.2, -0.15) is 0 Å². The van der Waals surface area contributed by atoms with Crippen molar-refractivity contribution in [2.45, 2.75) is 26.7 Å². The Balaban J connectivity index is 1.42. The molecule has 1 aromatic heterocycles. The second kappa shape index (κ2) is 9.10. The standard InChI is InChI=1S/C25H23N3O2S/c1-3-4-23(29)26-19-10-6-17(7-11-19)24(30)27-20-12-8-18(9-13-20)25-28-21-14-5-16(2)15-22(21)31-25/h5-15H,3-4H2,1-2H3,(H,26,29)(H,27,30). The lowest BCUT2D eigenvalue weighted by atomic mass is 10.1. The second-order valence-electron chi connectivity index (χ2n) is 7.40. The minimum absolute atomic E-state index is 0.0250. The molecular weight excluding hydrogens is 406 g/mol. The van der Waals surface area contributed by atoms with Crippen molar-refractivity contribution < 1.29 is 9.59 Å². The van der Waals surface area contributed by atoms with Crippen molar-refractivity contribution in [3.8, 4) is 10.6 Å². The smallest absolute Gasteiger partial charge is 0.255 e. The topological polar surface area (TPSA) is 71.1 Å². The van der Waals surface area contributed by atoms with Crippen LogP contribution in [0.2, 0.25) is 0 Å². The number of rotatable bonds is 6. The average molecular weight is 430 g/mol. The van der Waals surface area contributed by atoms with E-state index in [1.807, 2.05) is 37.3 Å². The first-order chi connectivity index (χ1) is 15.0. The lowest BCUT2D eigenvalue weighted by molar-refractivity contribution is -0.116. The first kappa shape index (κ1) is 20.8. The van der Waals surface area contributed by atoms with Gasteiger partial charge in [0.25, 0.3) is 5.91 Å². The second-order valence-corrected chi connectivity index (χ2v) is 8.43. The van der Waals surface area contributed by atoms with E-state index in [2.05, 4.69) is 29.7 Å². The predicted octanol–water partition coefficient (Wildman–Crippen LogP) is 6.26. The Kier molecular flexibility index (Phi) is 6.09. The predicted molar refractivity (Wildman–Crippen MR) is 128 cm³/mol. The van der Waals surface area contributed by atoms with Crippen LogP contribution in [-0.2, 0) is 4.79 Å². The number of nitrogens with one attached hydrogen (secondary N) is 2. The fraction of sp³-hybridized carbons (Fsp3) is 0.160. The molecule has 2 N–H and O–H groups in total. The summed E-state index contributed by atoms with van der Waals surface area (Å²) in [6, 6.07) is 20.8. The van der Waals surface area contributed by atoms with Gasteiger partial charge in [0.15, 0.2) is 0 Å². The highest BCUT2D eigenvalue weighted by molar-refractivity contribution is 7.21. The maximum absolute atomic E-state index is 12.5. The van der Waals surface area contributed by atoms with Crippen molar-refractivity contribution in [2.75, 3.05) is 10.6 Å². The molecule has 4 aromatic rings. The van der Waals surface area contributed by atoms with Crippen LogP contribution in [0.3, 0.4) is 0 Å². The van der Waals surface area contributed by atoms with Crippen molar-refractivity contribution in [3.05, 3.63) is 77.9 Å². The third kappa shape index (κ3) is 4.98. The third-order valence-electron chi connectivity index (χ3n) is 4.84. The molecule has 5 nitrogen and oxygen atoms in total. The summed E-state index contributed by atoms with van der Waals surface area (Å²) >= 11 is 1.66. The largest absolute Gasteiger partial charge is 0.326 e. The van der Waals surface area contributed by atoms with Gasteiger partial charge >= 0.3 is 0 Å². The van der Waals surface area contributed by atoms with Gasteiger partial charge in [0, 0.05) is 28.9 Å². The van der Waals surface area contributed by atoms with Gasteiger partial charge in [-0.15, -0.1) is 11.3 Å². The molecule has 1 heterocycles. The minimum atomic E-state index is -0.199. The highest BCUT2D eigenvalue weighted by Crippen LogP contribution is 2.31. The van der Waals surface area contributed by atoms with Crippen LogP contribution in [0.1, 0.15) is 35.7 Å². The van der Waals surface area contributed by atoms with E-state index in [0.717, 1.165) is 22.5 Å². The minimum Gasteiger partial charge on any atom is -0.326 e. The Bertz CT molecular complexity index is 1230. The lowest BCUT2D eigenvalue weighted by Gasteiger charge is -2.08. The summed E-state index contributed by atoms with van der Waals surface area (Å²) in [6.45, 7) is 4.03. The molecule has 0 atom stereocenters. The number of benzene rings is 3. The molecule has 0 saturated carbocycles. The molecule has 156 valence electrons. The van der Waals surface area contributed by atoms with Gasteiger partial charge in [0.05, 0.1) is 10.2 Å². The normalized spacial score (nSPS) is 10.8. The van der Waals surface area contributed by atoms with Crippen LogP contribution >= 0.6 is 11.3 Å². The quantitative estimate of drug-likeness (QED) is 0.380. The average Bonchev–Trinajstić information content (AvgIpc) is 3.18. The highest BCUT2D eigenvalue weighted by Gasteiger charge is 2.09. The van der Waals surface area contributed by atoms with Gasteiger partial charge in [-0.25, -0.2) is 4.98 Å². The molecule has 0 unspecified atom stereocenters. The third-order valence-corrected chi connectivity index (χ3v) is 5.91. The van der Waals surface area contributed by atoms with Crippen LogP contribution in [0.25, 0.3) is 20.8 Å². The van der Waals surface area contributed by atoms with E-state index in [4.69, 9.17) is 4.98 Å². The molecule has 4 rings (SSSR count). The Morgan fingerprint density at radius 3 is 2.29 bits per heavy atom. The fourth-order valence-corrected chi connectivity index (χ4v) is 4.28. The van der Waals surface area contributed by atoms with E-state index in [-0.39, 0.29) is 11.8 Å². The van der Waals surface area contributed by atoms with Gasteiger partial charge in [0.2, 0.25) is 5.91 Å². The van der Waals surface area contributed by atoms with E-state index in [0.29, 0.717) is 23.4 Å². The number of carbonyl (C=O) groups excluding carboxylic acids is 2. The molecule has 31 heavy (non-hydrogen) atoms. The molecule has 0 aliphatic rings. The summed E-state index contributed by atoms with van der Waals surface area (Å²) in [5.41, 5.74) is 5.16. The Morgan fingerprint density at radius 1 is 0.903 bits per heavy atom. The number of anilines is 2. The van der Waals surface area contributed by atoms with Gasteiger partial charge in [0.1, 0.15) is 5.01 Å². The number of hydrogen-bond acceptors (Lipinski definition) is 4. The zero-order chi connectivity index (χ0) is 21.8. The zero-order valence-corrected chi connectivity index (χ0v) is 18.3. The summed E-state index contributed by atoms with van der Waals surface area (Å²) in [7, 11) is 0. The molecule has 0 bridgehead atoms. The van der Waals surface area contributed by atoms with E-state index in [9.17, 15) is 9.59 Å². The molecule has 0 fully saturated rings. The summed E-state index contributed by atoms with van der Waals surface area (Å²) in [4.78, 5) is 28.9. The number of fused-ring (bicyclic) bond motifs is 1. The van der Waals surface area contributed by atoms with Crippen molar-refractivity contribution in [1.29, 1.82) is 0 Å². The molecular formula is C25H23N3O2S. The SMILES string of the molecule is CCCC(=O)Nc1ccc(C(=O)Nc2ccc(-c3nc4ccc(C)cc4s3)cc2)cc1. The summed E-state index contributed by atoms with van der Waals surface area (Å²) < 4.78 is 1.17. The van der Waals surface area contributed by atoms with E-state index in [1.165, 1.54) is 10.3 Å². The van der Waals surface area contributed by atoms with E-state index < -0.39 is 0 Å². The molecule has 0 saturated heterocycles. The summed E-state index contributed by atoms with van der Waals surface area (Å²) in [5.74, 6) is -0.224. The molecule has 6 heteroatoms. The Labute approximate surface area is 185 Å². The monoisotopic (exact) mass is 429 g/mol. The summed E-state index contributed by atoms with van der Waals surface area (Å²) in [5, 5.41) is 6.68. The van der Waals surface area contributed by atoms with Crippen LogP contribution in [0.4, 0.5) is 11.4 Å². The number of nitrogens with zero attached hydrogens (tertiary/aromatic N) is 1. The van der Waals surface area contributed by atoms with Crippen molar-refractivity contribution >= 4 is 44.7 Å². The maximum atomic E-state index is 12.5. The molecule has 0 aliphatic carbocycles. The zero-order valence-electron chi connectivity index (χ0n) is 17.4. The van der Waals surface area contributed by atoms with Crippen LogP contribution in [0.5, 0.6) is 0 Å². The van der Waals surface area contributed by atoms with Crippen LogP contribution in [-0.4, -0.2) is 16.8 Å². The first-order valence-corrected chi connectivity index (χ1v) is 11.0. The van der Waals surface area contributed by atoms with Crippen molar-refractivity contribution in [1.82, 2.24) is 4.98 Å². The number of hydrogen-bond donors (Lipinski definition) is 2. The Hall–Kier alpha value is -3.51. The molecule has 0 spiro atoms. The van der Waals surface area contributed by atoms with Gasteiger partial charge in [-0.3, -0.25) is 9.59 Å². The fourth-order valence-electron chi connectivity index (χ4n) is 3.21. The maximum Gasteiger partial charge on any atom is 0.255 e. The first-order valence-electron chi connectivity index (χ1n) is 10.2. The van der Waals surface area contributed by atoms with E-state index >= 15 is 0 Å². The Morgan fingerprint density at radius 2 is 1.58 bits per heavy atom. The van der Waals surface area contributed by atoms with Crippen LogP contribution < -0.4 is 10.6 Å². The molecule has 3 aromatic carbocycles. The summed E-state index contributed by atoms with van der Waals surface area (Å²) in [6.07, 6.45) is 1.28. The van der Waals surface area contributed by atoms with Gasteiger partial charge in [-0.1, -0.05) is 13.0 Å².